The molecule has 9 heteroatoms. The average Bonchev–Trinajstić information content (AvgIpc) is 2.67. The Morgan fingerprint density at radius 2 is 1.79 bits per heavy atom. The predicted octanol–water partition coefficient (Wildman–Crippen LogP) is 2.75. The molecule has 1 heterocycles. The first-order valence-electron chi connectivity index (χ1n) is 8.20. The van der Waals surface area contributed by atoms with Crippen molar-refractivity contribution in [2.24, 2.45) is 0 Å². The van der Waals surface area contributed by atoms with Gasteiger partial charge in [0, 0.05) is 7.05 Å². The Balaban J connectivity index is 2.07. The van der Waals surface area contributed by atoms with Crippen LogP contribution in [0.5, 0.6) is 0 Å². The second kappa shape index (κ2) is 7.92. The average molecular weight is 419 g/mol. The van der Waals surface area contributed by atoms with E-state index in [4.69, 9.17) is 28.9 Å². The molecule has 2 aromatic carbocycles. The fourth-order valence-corrected chi connectivity index (χ4v) is 3.16. The summed E-state index contributed by atoms with van der Waals surface area (Å²) in [6.45, 7) is 0.134. The number of amides is 1. The van der Waals surface area contributed by atoms with Crippen molar-refractivity contribution in [3.05, 3.63) is 90.5 Å². The summed E-state index contributed by atoms with van der Waals surface area (Å²) in [5.74, 6) is -0.721. The van der Waals surface area contributed by atoms with Crippen molar-refractivity contribution in [2.45, 2.75) is 6.54 Å². The Kier molecular flexibility index (Phi) is 5.58. The quantitative estimate of drug-likeness (QED) is 0.679. The van der Waals surface area contributed by atoms with E-state index >= 15 is 0 Å². The second-order valence-corrected chi connectivity index (χ2v) is 6.82. The van der Waals surface area contributed by atoms with E-state index in [1.165, 1.54) is 17.7 Å². The molecule has 144 valence electrons. The normalized spacial score (nSPS) is 10.7. The van der Waals surface area contributed by atoms with Gasteiger partial charge in [0.25, 0.3) is 11.5 Å². The van der Waals surface area contributed by atoms with Gasteiger partial charge in [0.1, 0.15) is 5.82 Å². The van der Waals surface area contributed by atoms with Gasteiger partial charge in [0.05, 0.1) is 22.2 Å². The Hall–Kier alpha value is -3.03. The van der Waals surface area contributed by atoms with Crippen molar-refractivity contribution in [1.29, 1.82) is 0 Å². The van der Waals surface area contributed by atoms with Crippen LogP contribution in [0.4, 0.5) is 11.5 Å². The number of rotatable bonds is 4. The smallest absolute Gasteiger partial charge is 0.330 e. The van der Waals surface area contributed by atoms with Crippen LogP contribution in [0.2, 0.25) is 10.0 Å². The van der Waals surface area contributed by atoms with Crippen LogP contribution in [0.15, 0.2) is 58.1 Å². The first-order chi connectivity index (χ1) is 13.3. The Morgan fingerprint density at radius 1 is 1.11 bits per heavy atom. The fourth-order valence-electron chi connectivity index (χ4n) is 2.78. The van der Waals surface area contributed by atoms with Gasteiger partial charge in [-0.05, 0) is 17.7 Å². The SMILES string of the molecule is CN(C(=O)c1cccc(Cl)c1Cl)c1c(N)n(Cc2ccccc2)c(=O)[nH]c1=O. The highest BCUT2D eigenvalue weighted by atomic mass is 35.5. The number of aromatic nitrogens is 2. The molecule has 0 aliphatic carbocycles. The minimum atomic E-state index is -0.777. The zero-order chi connectivity index (χ0) is 20.4. The molecule has 0 bridgehead atoms. The number of nitrogen functional groups attached to an aromatic ring is 1. The lowest BCUT2D eigenvalue weighted by Crippen LogP contribution is -2.39. The second-order valence-electron chi connectivity index (χ2n) is 6.03. The molecule has 0 fully saturated rings. The van der Waals surface area contributed by atoms with Gasteiger partial charge >= 0.3 is 5.69 Å². The number of hydrogen-bond donors (Lipinski definition) is 2. The number of anilines is 2. The standard InChI is InChI=1S/C19H16Cl2N4O3/c1-24(18(27)12-8-5-9-13(20)14(12)21)15-16(22)25(19(28)23-17(15)26)10-11-6-3-2-4-7-11/h2-9H,10,22H2,1H3,(H,23,26,28). The Labute approximate surface area is 169 Å². The van der Waals surface area contributed by atoms with Crippen molar-refractivity contribution >= 4 is 40.6 Å². The number of nitrogens with one attached hydrogen (secondary N) is 1. The van der Waals surface area contributed by atoms with Crippen molar-refractivity contribution in [2.75, 3.05) is 17.7 Å². The Bertz CT molecular complexity index is 1160. The summed E-state index contributed by atoms with van der Waals surface area (Å²) in [5, 5.41) is 0.269. The van der Waals surface area contributed by atoms with E-state index in [0.717, 1.165) is 10.5 Å². The maximum atomic E-state index is 12.9. The van der Waals surface area contributed by atoms with Crippen molar-refractivity contribution in [3.8, 4) is 0 Å². The summed E-state index contributed by atoms with van der Waals surface area (Å²) in [4.78, 5) is 40.8. The number of H-pyrrole nitrogens is 1. The van der Waals surface area contributed by atoms with Crippen LogP contribution in [0.25, 0.3) is 0 Å². The van der Waals surface area contributed by atoms with Gasteiger partial charge in [-0.25, -0.2) is 4.79 Å². The third-order valence-electron chi connectivity index (χ3n) is 4.22. The molecular formula is C19H16Cl2N4O3. The molecule has 0 unspecified atom stereocenters. The molecule has 3 aromatic rings. The molecule has 3 rings (SSSR count). The molecule has 0 aliphatic rings. The number of halogens is 2. The topological polar surface area (TPSA) is 101 Å². The molecule has 1 amide bonds. The van der Waals surface area contributed by atoms with Crippen LogP contribution in [0.3, 0.4) is 0 Å². The van der Waals surface area contributed by atoms with Crippen LogP contribution < -0.4 is 21.9 Å². The molecule has 3 N–H and O–H groups in total. The van der Waals surface area contributed by atoms with E-state index in [2.05, 4.69) is 4.98 Å². The molecular weight excluding hydrogens is 403 g/mol. The van der Waals surface area contributed by atoms with Gasteiger partial charge in [-0.15, -0.1) is 0 Å². The van der Waals surface area contributed by atoms with Crippen LogP contribution in [0.1, 0.15) is 15.9 Å². The van der Waals surface area contributed by atoms with Gasteiger partial charge in [-0.2, -0.15) is 0 Å². The highest BCUT2D eigenvalue weighted by Gasteiger charge is 2.24. The highest BCUT2D eigenvalue weighted by molar-refractivity contribution is 6.44. The highest BCUT2D eigenvalue weighted by Crippen LogP contribution is 2.28. The minimum absolute atomic E-state index is 0.0635. The van der Waals surface area contributed by atoms with Gasteiger partial charge in [-0.3, -0.25) is 19.1 Å². The number of carbonyl (C=O) groups is 1. The largest absolute Gasteiger partial charge is 0.383 e. The maximum Gasteiger partial charge on any atom is 0.330 e. The number of hydrogen-bond acceptors (Lipinski definition) is 4. The van der Waals surface area contributed by atoms with Gasteiger partial charge in [-0.1, -0.05) is 59.6 Å². The molecule has 0 saturated heterocycles. The molecule has 0 aliphatic heterocycles. The third kappa shape index (κ3) is 3.67. The lowest BCUT2D eigenvalue weighted by atomic mass is 10.2. The lowest BCUT2D eigenvalue weighted by Gasteiger charge is -2.21. The molecule has 1 aromatic heterocycles. The fraction of sp³-hybridized carbons (Fsp3) is 0.105. The number of benzene rings is 2. The van der Waals surface area contributed by atoms with Crippen LogP contribution >= 0.6 is 23.2 Å². The number of nitrogens with zero attached hydrogens (tertiary/aromatic N) is 2. The summed E-state index contributed by atoms with van der Waals surface area (Å²) in [6, 6.07) is 13.7. The van der Waals surface area contributed by atoms with E-state index < -0.39 is 17.2 Å². The minimum Gasteiger partial charge on any atom is -0.383 e. The van der Waals surface area contributed by atoms with Crippen molar-refractivity contribution in [1.82, 2.24) is 9.55 Å². The Morgan fingerprint density at radius 3 is 2.46 bits per heavy atom. The molecule has 28 heavy (non-hydrogen) atoms. The predicted molar refractivity (Wildman–Crippen MR) is 110 cm³/mol. The zero-order valence-electron chi connectivity index (χ0n) is 14.8. The summed E-state index contributed by atoms with van der Waals surface area (Å²) in [5.41, 5.74) is 5.42. The summed E-state index contributed by atoms with van der Waals surface area (Å²) >= 11 is 12.1. The van der Waals surface area contributed by atoms with E-state index in [9.17, 15) is 14.4 Å². The molecule has 0 spiro atoms. The van der Waals surface area contributed by atoms with Crippen molar-refractivity contribution < 1.29 is 4.79 Å². The molecule has 0 atom stereocenters. The number of nitrogens with two attached hydrogens (primary N) is 1. The lowest BCUT2D eigenvalue weighted by molar-refractivity contribution is 0.0993. The number of aromatic amines is 1. The molecule has 0 saturated carbocycles. The van der Waals surface area contributed by atoms with E-state index in [0.29, 0.717) is 0 Å². The zero-order valence-corrected chi connectivity index (χ0v) is 16.3. The van der Waals surface area contributed by atoms with E-state index in [1.54, 1.807) is 12.1 Å². The summed E-state index contributed by atoms with van der Waals surface area (Å²) < 4.78 is 1.19. The maximum absolute atomic E-state index is 12.9. The van der Waals surface area contributed by atoms with Crippen LogP contribution in [-0.2, 0) is 6.54 Å². The summed E-state index contributed by atoms with van der Waals surface area (Å²) in [7, 11) is 1.37. The van der Waals surface area contributed by atoms with E-state index in [-0.39, 0.29) is 33.7 Å². The molecule has 0 radical (unpaired) electrons. The van der Waals surface area contributed by atoms with Gasteiger partial charge in [0.2, 0.25) is 0 Å². The van der Waals surface area contributed by atoms with Crippen LogP contribution in [-0.4, -0.2) is 22.5 Å². The monoisotopic (exact) mass is 418 g/mol. The summed E-state index contributed by atoms with van der Waals surface area (Å²) in [6.07, 6.45) is 0. The van der Waals surface area contributed by atoms with Gasteiger partial charge < -0.3 is 10.6 Å². The third-order valence-corrected chi connectivity index (χ3v) is 5.04. The van der Waals surface area contributed by atoms with Gasteiger partial charge in [0.15, 0.2) is 5.69 Å². The number of carbonyl (C=O) groups excluding carboxylic acids is 1. The first-order valence-corrected chi connectivity index (χ1v) is 8.95. The van der Waals surface area contributed by atoms with Crippen LogP contribution in [0, 0.1) is 0 Å². The molecule has 7 nitrogen and oxygen atoms in total. The first kappa shape index (κ1) is 19.7. The van der Waals surface area contributed by atoms with E-state index in [1.807, 2.05) is 30.3 Å². The van der Waals surface area contributed by atoms with Crippen molar-refractivity contribution in [3.63, 3.8) is 0 Å².